The number of aromatic nitrogens is 3. The molecule has 2 aromatic rings. The first-order valence-electron chi connectivity index (χ1n) is 15.3. The third-order valence-corrected chi connectivity index (χ3v) is 6.83. The van der Waals surface area contributed by atoms with Crippen LogP contribution in [0.5, 0.6) is 11.8 Å². The van der Waals surface area contributed by atoms with Crippen LogP contribution in [0.4, 0.5) is 13.2 Å². The maximum Gasteiger partial charge on any atom is 0.421 e. The molecular formula is C35H49F3N4O4. The SMILES string of the molecule is C/C=C/CCC.C=O.CC/C1=C/C=C(\C)C(NC(=O)c2nn(C(C)(C)C)c(Oc3ncccc3C(F)(F)F)c2C)CCOC(C)=C1. The van der Waals surface area contributed by atoms with Gasteiger partial charge in [0.2, 0.25) is 11.8 Å². The fraction of sp³-hybridized carbons (Fsp3) is 0.486. The summed E-state index contributed by atoms with van der Waals surface area (Å²) in [7, 11) is 0. The van der Waals surface area contributed by atoms with Crippen LogP contribution in [-0.2, 0) is 21.2 Å². The van der Waals surface area contributed by atoms with Crippen molar-refractivity contribution >= 4 is 12.7 Å². The van der Waals surface area contributed by atoms with Gasteiger partial charge >= 0.3 is 6.18 Å². The number of nitrogens with zero attached hydrogens (tertiary/aromatic N) is 3. The average molecular weight is 647 g/mol. The zero-order valence-electron chi connectivity index (χ0n) is 28.5. The van der Waals surface area contributed by atoms with Gasteiger partial charge in [-0.15, -0.1) is 0 Å². The van der Waals surface area contributed by atoms with E-state index in [1.54, 1.807) is 6.92 Å². The summed E-state index contributed by atoms with van der Waals surface area (Å²) in [6, 6.07) is 1.76. The number of amides is 1. The molecule has 0 saturated carbocycles. The maximum absolute atomic E-state index is 13.6. The van der Waals surface area contributed by atoms with Crippen LogP contribution in [0, 0.1) is 6.92 Å². The molecule has 0 spiro atoms. The van der Waals surface area contributed by atoms with E-state index < -0.39 is 29.1 Å². The fourth-order valence-electron chi connectivity index (χ4n) is 4.29. The van der Waals surface area contributed by atoms with Gasteiger partial charge in [-0.1, -0.05) is 50.1 Å². The summed E-state index contributed by atoms with van der Waals surface area (Å²) in [6.45, 7) is 19.6. The molecule has 3 heterocycles. The first-order valence-corrected chi connectivity index (χ1v) is 15.3. The first kappa shape index (κ1) is 39.9. The standard InChI is InChI=1S/C28H35F3N4O3.C6H12.CH2O/c1-8-20-12-11-17(2)22(13-15-37-18(3)16-20)33-24(36)23-19(4)26(35(34-23)27(5,6)7)38-25-21(28(29,30)31)10-9-14-32-25;1-3-5-6-4-2;1-2/h9-12,14,16,22H,8,13,15H2,1-7H3,(H,33,36);3,5H,4,6H2,1-2H3;1H2/b17-11+,18-16?,20-12-;5-3+;. The topological polar surface area (TPSA) is 95.3 Å². The zero-order chi connectivity index (χ0) is 35.1. The number of halogens is 3. The quantitative estimate of drug-likeness (QED) is 0.302. The number of hydrogen-bond donors (Lipinski definition) is 1. The van der Waals surface area contributed by atoms with E-state index in [4.69, 9.17) is 14.3 Å². The zero-order valence-corrected chi connectivity index (χ0v) is 28.5. The van der Waals surface area contributed by atoms with E-state index in [0.717, 1.165) is 29.4 Å². The third kappa shape index (κ3) is 12.0. The van der Waals surface area contributed by atoms with E-state index in [0.29, 0.717) is 18.6 Å². The number of pyridine rings is 1. The second-order valence-electron chi connectivity index (χ2n) is 11.6. The summed E-state index contributed by atoms with van der Waals surface area (Å²) in [5.41, 5.74) is 0.693. The number of nitrogens with one attached hydrogen (secondary N) is 1. The van der Waals surface area contributed by atoms with Gasteiger partial charge in [0.1, 0.15) is 12.4 Å². The number of unbranched alkanes of at least 4 members (excludes halogenated alkanes) is 1. The molecule has 0 aliphatic carbocycles. The van der Waals surface area contributed by atoms with Crippen molar-refractivity contribution in [1.82, 2.24) is 20.1 Å². The highest BCUT2D eigenvalue weighted by Crippen LogP contribution is 2.38. The van der Waals surface area contributed by atoms with Gasteiger partial charge in [-0.05, 0) is 85.1 Å². The second kappa shape index (κ2) is 18.7. The summed E-state index contributed by atoms with van der Waals surface area (Å²) in [5, 5.41) is 7.49. The van der Waals surface area contributed by atoms with Crippen molar-refractivity contribution in [2.24, 2.45) is 0 Å². The third-order valence-electron chi connectivity index (χ3n) is 6.83. The lowest BCUT2D eigenvalue weighted by Crippen LogP contribution is -2.37. The van der Waals surface area contributed by atoms with Crippen LogP contribution in [0.2, 0.25) is 0 Å². The summed E-state index contributed by atoms with van der Waals surface area (Å²) in [5.74, 6) is -0.255. The Morgan fingerprint density at radius 2 is 1.85 bits per heavy atom. The monoisotopic (exact) mass is 646 g/mol. The molecular weight excluding hydrogens is 597 g/mol. The molecule has 0 bridgehead atoms. The van der Waals surface area contributed by atoms with Gasteiger partial charge in [0, 0.05) is 18.2 Å². The first-order chi connectivity index (χ1) is 21.6. The van der Waals surface area contributed by atoms with Crippen LogP contribution in [0.1, 0.15) is 103 Å². The van der Waals surface area contributed by atoms with Gasteiger partial charge in [0.05, 0.1) is 23.9 Å². The van der Waals surface area contributed by atoms with E-state index in [1.165, 1.54) is 29.8 Å². The highest BCUT2D eigenvalue weighted by Gasteiger charge is 2.37. The average Bonchev–Trinajstić information content (AvgIpc) is 3.34. The normalized spacial score (nSPS) is 17.8. The summed E-state index contributed by atoms with van der Waals surface area (Å²) >= 11 is 0. The number of carbonyl (C=O) groups excluding carboxylic acids is 2. The van der Waals surface area contributed by atoms with Crippen molar-refractivity contribution in [2.45, 2.75) is 106 Å². The van der Waals surface area contributed by atoms with Crippen molar-refractivity contribution < 1.29 is 32.2 Å². The van der Waals surface area contributed by atoms with Crippen LogP contribution >= 0.6 is 0 Å². The summed E-state index contributed by atoms with van der Waals surface area (Å²) in [4.78, 5) is 25.3. The smallest absolute Gasteiger partial charge is 0.421 e. The highest BCUT2D eigenvalue weighted by atomic mass is 19.4. The molecule has 0 aromatic carbocycles. The minimum absolute atomic E-state index is 0.0182. The Balaban J connectivity index is 0.00000118. The Kier molecular flexibility index (Phi) is 16.2. The van der Waals surface area contributed by atoms with Crippen LogP contribution in [-0.4, -0.2) is 40.1 Å². The Labute approximate surface area is 271 Å². The number of hydrogen-bond acceptors (Lipinski definition) is 6. The molecule has 1 amide bonds. The molecule has 0 radical (unpaired) electrons. The van der Waals surface area contributed by atoms with E-state index in [1.807, 2.05) is 59.6 Å². The number of alkyl halides is 3. The highest BCUT2D eigenvalue weighted by molar-refractivity contribution is 5.94. The molecule has 1 unspecified atom stereocenters. The van der Waals surface area contributed by atoms with Gasteiger partial charge in [0.15, 0.2) is 5.69 Å². The molecule has 8 nitrogen and oxygen atoms in total. The Morgan fingerprint density at radius 3 is 2.39 bits per heavy atom. The molecule has 2 aromatic heterocycles. The Bertz CT molecular complexity index is 1400. The summed E-state index contributed by atoms with van der Waals surface area (Å²) < 4.78 is 53.7. The minimum atomic E-state index is -4.66. The van der Waals surface area contributed by atoms with Crippen molar-refractivity contribution in [3.05, 3.63) is 82.4 Å². The van der Waals surface area contributed by atoms with Gasteiger partial charge in [-0.3, -0.25) is 4.79 Å². The molecule has 3 rings (SSSR count). The van der Waals surface area contributed by atoms with Crippen molar-refractivity contribution in [3.8, 4) is 11.8 Å². The van der Waals surface area contributed by atoms with Crippen molar-refractivity contribution in [3.63, 3.8) is 0 Å². The predicted octanol–water partition coefficient (Wildman–Crippen LogP) is 9.04. The van der Waals surface area contributed by atoms with Gasteiger partial charge in [0.25, 0.3) is 5.91 Å². The van der Waals surface area contributed by atoms with Crippen molar-refractivity contribution in [1.29, 1.82) is 0 Å². The van der Waals surface area contributed by atoms with E-state index in [9.17, 15) is 18.0 Å². The van der Waals surface area contributed by atoms with Crippen LogP contribution in [0.25, 0.3) is 0 Å². The number of allylic oxidation sites excluding steroid dienone is 7. The van der Waals surface area contributed by atoms with E-state index >= 15 is 0 Å². The number of carbonyl (C=O) groups is 2. The lowest BCUT2D eigenvalue weighted by Gasteiger charge is -2.22. The molecule has 1 aliphatic heterocycles. The number of ether oxygens (including phenoxy) is 2. The fourth-order valence-corrected chi connectivity index (χ4v) is 4.29. The molecule has 0 saturated heterocycles. The van der Waals surface area contributed by atoms with Gasteiger partial charge in [-0.2, -0.15) is 18.3 Å². The lowest BCUT2D eigenvalue weighted by atomic mass is 10.0. The molecule has 1 aliphatic rings. The van der Waals surface area contributed by atoms with Crippen molar-refractivity contribution in [2.75, 3.05) is 6.61 Å². The van der Waals surface area contributed by atoms with Crippen LogP contribution < -0.4 is 10.1 Å². The largest absolute Gasteiger partial charge is 0.498 e. The molecule has 0 fully saturated rings. The predicted molar refractivity (Wildman–Crippen MR) is 176 cm³/mol. The maximum atomic E-state index is 13.6. The molecule has 1 N–H and O–H groups in total. The van der Waals surface area contributed by atoms with E-state index in [-0.39, 0.29) is 17.6 Å². The van der Waals surface area contributed by atoms with Crippen LogP contribution in [0.15, 0.2) is 65.6 Å². The molecule has 11 heteroatoms. The molecule has 254 valence electrons. The Hall–Kier alpha value is -4.15. The lowest BCUT2D eigenvalue weighted by molar-refractivity contribution is -0.139. The molecule has 46 heavy (non-hydrogen) atoms. The summed E-state index contributed by atoms with van der Waals surface area (Å²) in [6.07, 6.45) is 10.7. The van der Waals surface area contributed by atoms with Gasteiger partial charge < -0.3 is 19.6 Å². The molecule has 1 atom stereocenters. The number of rotatable bonds is 7. The van der Waals surface area contributed by atoms with Gasteiger partial charge in [-0.25, -0.2) is 9.67 Å². The minimum Gasteiger partial charge on any atom is -0.498 e. The van der Waals surface area contributed by atoms with Crippen LogP contribution in [0.3, 0.4) is 0 Å². The second-order valence-corrected chi connectivity index (χ2v) is 11.6. The Morgan fingerprint density at radius 1 is 1.17 bits per heavy atom. The van der Waals surface area contributed by atoms with E-state index in [2.05, 4.69) is 48.3 Å².